The summed E-state index contributed by atoms with van der Waals surface area (Å²) >= 11 is 0. The lowest BCUT2D eigenvalue weighted by Gasteiger charge is -2.34. The molecule has 0 N–H and O–H groups in total. The zero-order chi connectivity index (χ0) is 14.7. The van der Waals surface area contributed by atoms with E-state index in [-0.39, 0.29) is 11.7 Å². The number of furan rings is 1. The smallest absolute Gasteiger partial charge is 0.257 e. The van der Waals surface area contributed by atoms with Gasteiger partial charge in [-0.1, -0.05) is 12.1 Å². The second-order valence-corrected chi connectivity index (χ2v) is 5.21. The average molecular weight is 288 g/mol. The maximum Gasteiger partial charge on any atom is 0.257 e. The summed E-state index contributed by atoms with van der Waals surface area (Å²) in [5, 5.41) is 0. The molecule has 2 heterocycles. The fourth-order valence-corrected chi connectivity index (χ4v) is 2.57. The van der Waals surface area contributed by atoms with Gasteiger partial charge in [0.05, 0.1) is 11.8 Å². The molecule has 0 bridgehead atoms. The summed E-state index contributed by atoms with van der Waals surface area (Å²) in [7, 11) is 0. The lowest BCUT2D eigenvalue weighted by molar-refractivity contribution is 0.0627. The van der Waals surface area contributed by atoms with Crippen LogP contribution in [0.25, 0.3) is 0 Å². The molecule has 1 aliphatic heterocycles. The zero-order valence-electron chi connectivity index (χ0n) is 11.7. The molecule has 1 aromatic heterocycles. The zero-order valence-corrected chi connectivity index (χ0v) is 11.7. The minimum Gasteiger partial charge on any atom is -0.472 e. The number of halogens is 1. The van der Waals surface area contributed by atoms with Crippen molar-refractivity contribution >= 4 is 5.91 Å². The van der Waals surface area contributed by atoms with Crippen molar-refractivity contribution in [2.24, 2.45) is 0 Å². The van der Waals surface area contributed by atoms with Crippen molar-refractivity contribution in [1.82, 2.24) is 9.80 Å². The van der Waals surface area contributed by atoms with Gasteiger partial charge in [0, 0.05) is 32.7 Å². The van der Waals surface area contributed by atoms with Crippen molar-refractivity contribution in [3.05, 3.63) is 59.8 Å². The first-order valence-electron chi connectivity index (χ1n) is 7.00. The number of carbonyl (C=O) groups excluding carboxylic acids is 1. The molecule has 21 heavy (non-hydrogen) atoms. The van der Waals surface area contributed by atoms with Crippen LogP contribution in [0.3, 0.4) is 0 Å². The largest absolute Gasteiger partial charge is 0.472 e. The van der Waals surface area contributed by atoms with Gasteiger partial charge in [-0.3, -0.25) is 9.69 Å². The van der Waals surface area contributed by atoms with Gasteiger partial charge in [-0.25, -0.2) is 4.39 Å². The maximum absolute atomic E-state index is 13.2. The van der Waals surface area contributed by atoms with Crippen molar-refractivity contribution in [1.29, 1.82) is 0 Å². The highest BCUT2D eigenvalue weighted by molar-refractivity contribution is 5.93. The van der Waals surface area contributed by atoms with Crippen LogP contribution >= 0.6 is 0 Å². The summed E-state index contributed by atoms with van der Waals surface area (Å²) in [5.74, 6) is -0.199. The van der Waals surface area contributed by atoms with Gasteiger partial charge in [0.1, 0.15) is 12.1 Å². The first-order chi connectivity index (χ1) is 10.2. The highest BCUT2D eigenvalue weighted by Gasteiger charge is 2.22. The first kappa shape index (κ1) is 13.8. The molecule has 2 aromatic rings. The fraction of sp³-hybridized carbons (Fsp3) is 0.312. The van der Waals surface area contributed by atoms with Gasteiger partial charge in [-0.2, -0.15) is 0 Å². The van der Waals surface area contributed by atoms with E-state index in [1.807, 2.05) is 11.0 Å². The van der Waals surface area contributed by atoms with Crippen molar-refractivity contribution in [3.63, 3.8) is 0 Å². The molecule has 1 aliphatic rings. The van der Waals surface area contributed by atoms with Crippen LogP contribution in [0.4, 0.5) is 4.39 Å². The molecular weight excluding hydrogens is 271 g/mol. The van der Waals surface area contributed by atoms with Gasteiger partial charge in [0.15, 0.2) is 0 Å². The highest BCUT2D eigenvalue weighted by atomic mass is 19.1. The van der Waals surface area contributed by atoms with E-state index in [1.165, 1.54) is 18.6 Å². The molecule has 0 spiro atoms. The summed E-state index contributed by atoms with van der Waals surface area (Å²) in [6.45, 7) is 3.66. The number of hydrogen-bond acceptors (Lipinski definition) is 3. The Balaban J connectivity index is 1.54. The molecular formula is C16H17FN2O2. The van der Waals surface area contributed by atoms with E-state index in [1.54, 1.807) is 18.2 Å². The predicted molar refractivity (Wildman–Crippen MR) is 76.3 cm³/mol. The normalized spacial score (nSPS) is 16.1. The quantitative estimate of drug-likeness (QED) is 0.870. The SMILES string of the molecule is O=C(c1ccoc1)N1CCN(Cc2cccc(F)c2)CC1. The number of piperazine rings is 1. The second-order valence-electron chi connectivity index (χ2n) is 5.21. The fourth-order valence-electron chi connectivity index (χ4n) is 2.57. The Morgan fingerprint density at radius 3 is 2.67 bits per heavy atom. The van der Waals surface area contributed by atoms with Crippen LogP contribution in [-0.2, 0) is 6.54 Å². The number of hydrogen-bond donors (Lipinski definition) is 0. The van der Waals surface area contributed by atoms with Gasteiger partial charge in [0.25, 0.3) is 5.91 Å². The van der Waals surface area contributed by atoms with E-state index in [4.69, 9.17) is 4.42 Å². The van der Waals surface area contributed by atoms with E-state index in [2.05, 4.69) is 4.90 Å². The molecule has 4 nitrogen and oxygen atoms in total. The van der Waals surface area contributed by atoms with Crippen LogP contribution in [0.1, 0.15) is 15.9 Å². The predicted octanol–water partition coefficient (Wildman–Crippen LogP) is 2.38. The Bertz CT molecular complexity index is 604. The molecule has 1 saturated heterocycles. The number of rotatable bonds is 3. The van der Waals surface area contributed by atoms with Crippen LogP contribution in [0, 0.1) is 5.82 Å². The second kappa shape index (κ2) is 6.10. The molecule has 1 fully saturated rings. The molecule has 1 aromatic carbocycles. The Kier molecular flexibility index (Phi) is 4.01. The van der Waals surface area contributed by atoms with Gasteiger partial charge in [0.2, 0.25) is 0 Å². The maximum atomic E-state index is 13.2. The van der Waals surface area contributed by atoms with Crippen LogP contribution < -0.4 is 0 Å². The molecule has 0 aliphatic carbocycles. The Hall–Kier alpha value is -2.14. The summed E-state index contributed by atoms with van der Waals surface area (Å²) in [5.41, 5.74) is 1.55. The average Bonchev–Trinajstić information content (AvgIpc) is 3.01. The summed E-state index contributed by atoms with van der Waals surface area (Å²) in [6, 6.07) is 8.34. The lowest BCUT2D eigenvalue weighted by atomic mass is 10.2. The van der Waals surface area contributed by atoms with E-state index in [9.17, 15) is 9.18 Å². The van der Waals surface area contributed by atoms with Gasteiger partial charge < -0.3 is 9.32 Å². The summed E-state index contributed by atoms with van der Waals surface area (Å²) < 4.78 is 18.1. The molecule has 5 heteroatoms. The van der Waals surface area contributed by atoms with E-state index in [0.717, 1.165) is 18.7 Å². The van der Waals surface area contributed by atoms with Crippen LogP contribution in [0.5, 0.6) is 0 Å². The lowest BCUT2D eigenvalue weighted by Crippen LogP contribution is -2.48. The van der Waals surface area contributed by atoms with Crippen molar-refractivity contribution in [2.75, 3.05) is 26.2 Å². The minimum absolute atomic E-state index is 0.00848. The Morgan fingerprint density at radius 1 is 1.19 bits per heavy atom. The number of carbonyl (C=O) groups is 1. The molecule has 1 amide bonds. The standard InChI is InChI=1S/C16H17FN2O2/c17-15-3-1-2-13(10-15)11-18-5-7-19(8-6-18)16(20)14-4-9-21-12-14/h1-4,9-10,12H,5-8,11H2. The monoisotopic (exact) mass is 288 g/mol. The van der Waals surface area contributed by atoms with E-state index < -0.39 is 0 Å². The van der Waals surface area contributed by atoms with Crippen molar-refractivity contribution in [3.8, 4) is 0 Å². The van der Waals surface area contributed by atoms with Gasteiger partial charge >= 0.3 is 0 Å². The summed E-state index contributed by atoms with van der Waals surface area (Å²) in [4.78, 5) is 16.2. The van der Waals surface area contributed by atoms with Gasteiger partial charge in [-0.15, -0.1) is 0 Å². The molecule has 0 unspecified atom stereocenters. The third kappa shape index (κ3) is 3.31. The topological polar surface area (TPSA) is 36.7 Å². The number of nitrogens with zero attached hydrogens (tertiary/aromatic N) is 2. The van der Waals surface area contributed by atoms with E-state index in [0.29, 0.717) is 25.2 Å². The molecule has 110 valence electrons. The van der Waals surface area contributed by atoms with Gasteiger partial charge in [-0.05, 0) is 23.8 Å². The third-order valence-electron chi connectivity index (χ3n) is 3.72. The first-order valence-corrected chi connectivity index (χ1v) is 7.00. The summed E-state index contributed by atoms with van der Waals surface area (Å²) in [6.07, 6.45) is 2.98. The third-order valence-corrected chi connectivity index (χ3v) is 3.72. The molecule has 3 rings (SSSR count). The minimum atomic E-state index is -0.207. The van der Waals surface area contributed by atoms with Crippen molar-refractivity contribution < 1.29 is 13.6 Å². The number of amides is 1. The van der Waals surface area contributed by atoms with Crippen LogP contribution in [0.15, 0.2) is 47.3 Å². The number of benzene rings is 1. The highest BCUT2D eigenvalue weighted by Crippen LogP contribution is 2.12. The molecule has 0 saturated carbocycles. The van der Waals surface area contributed by atoms with Crippen LogP contribution in [-0.4, -0.2) is 41.9 Å². The Labute approximate surface area is 122 Å². The Morgan fingerprint density at radius 2 is 2.00 bits per heavy atom. The van der Waals surface area contributed by atoms with E-state index >= 15 is 0 Å². The molecule has 0 radical (unpaired) electrons. The van der Waals surface area contributed by atoms with Crippen LogP contribution in [0.2, 0.25) is 0 Å². The molecule has 0 atom stereocenters. The van der Waals surface area contributed by atoms with Crippen molar-refractivity contribution in [2.45, 2.75) is 6.54 Å².